The van der Waals surface area contributed by atoms with Crippen LogP contribution in [-0.2, 0) is 0 Å². The molecule has 0 amide bonds. The molecular weight excluding hydrogens is 195 g/mol. The number of nitrogens with zero attached hydrogens (tertiary/aromatic N) is 3. The summed E-state index contributed by atoms with van der Waals surface area (Å²) in [6.45, 7) is 5.44. The van der Waals surface area contributed by atoms with Crippen LogP contribution >= 0.6 is 0 Å². The molecule has 1 aromatic heterocycles. The minimum atomic E-state index is -0.426. The summed E-state index contributed by atoms with van der Waals surface area (Å²) in [7, 11) is 1.87. The number of aromatic nitrogens is 2. The smallest absolute Gasteiger partial charge is 0.225 e. The van der Waals surface area contributed by atoms with E-state index in [4.69, 9.17) is 5.73 Å². The van der Waals surface area contributed by atoms with Gasteiger partial charge in [0.15, 0.2) is 5.82 Å². The number of rotatable bonds is 4. The number of hydrogen-bond acceptors (Lipinski definition) is 4. The zero-order valence-corrected chi connectivity index (χ0v) is 9.37. The predicted octanol–water partition coefficient (Wildman–Crippen LogP) is 1.04. The first-order chi connectivity index (χ1) is 6.94. The van der Waals surface area contributed by atoms with E-state index in [-0.39, 0.29) is 5.41 Å². The van der Waals surface area contributed by atoms with Gasteiger partial charge in [0.05, 0.1) is 12.4 Å². The molecule has 0 aliphatic rings. The Bertz CT molecular complexity index is 310. The van der Waals surface area contributed by atoms with Gasteiger partial charge in [0.25, 0.3) is 0 Å². The fourth-order valence-corrected chi connectivity index (χ4v) is 1.28. The molecule has 15 heavy (non-hydrogen) atoms. The number of hydrogen-bond donors (Lipinski definition) is 1. The molecular formula is C10H17FN4. The van der Waals surface area contributed by atoms with Gasteiger partial charge in [-0.05, 0) is 12.0 Å². The fourth-order valence-electron chi connectivity index (χ4n) is 1.28. The summed E-state index contributed by atoms with van der Waals surface area (Å²) >= 11 is 0. The molecule has 0 spiro atoms. The molecule has 0 aliphatic carbocycles. The van der Waals surface area contributed by atoms with Gasteiger partial charge in [-0.1, -0.05) is 13.8 Å². The average Bonchev–Trinajstić information content (AvgIpc) is 2.18. The second-order valence-electron chi connectivity index (χ2n) is 4.43. The van der Waals surface area contributed by atoms with Crippen LogP contribution in [0.15, 0.2) is 12.4 Å². The highest BCUT2D eigenvalue weighted by molar-refractivity contribution is 5.27. The Morgan fingerprint density at radius 2 is 1.93 bits per heavy atom. The van der Waals surface area contributed by atoms with E-state index in [0.29, 0.717) is 12.5 Å². The van der Waals surface area contributed by atoms with Gasteiger partial charge in [-0.3, -0.25) is 0 Å². The van der Waals surface area contributed by atoms with Gasteiger partial charge in [0.1, 0.15) is 0 Å². The van der Waals surface area contributed by atoms with Crippen LogP contribution in [0.25, 0.3) is 0 Å². The Balaban J connectivity index is 2.69. The molecule has 1 rings (SSSR count). The van der Waals surface area contributed by atoms with Gasteiger partial charge in [-0.15, -0.1) is 0 Å². The SMILES string of the molecule is CN(CC(C)(C)CN)c1ncc(F)cn1. The molecule has 0 atom stereocenters. The molecule has 0 aliphatic heterocycles. The zero-order valence-electron chi connectivity index (χ0n) is 9.37. The Morgan fingerprint density at radius 3 is 2.40 bits per heavy atom. The van der Waals surface area contributed by atoms with E-state index in [2.05, 4.69) is 23.8 Å². The van der Waals surface area contributed by atoms with Gasteiger partial charge in [0.2, 0.25) is 5.95 Å². The van der Waals surface area contributed by atoms with Crippen molar-refractivity contribution < 1.29 is 4.39 Å². The molecule has 0 unspecified atom stereocenters. The van der Waals surface area contributed by atoms with E-state index >= 15 is 0 Å². The van der Waals surface area contributed by atoms with E-state index < -0.39 is 5.82 Å². The maximum atomic E-state index is 12.6. The first-order valence-corrected chi connectivity index (χ1v) is 4.83. The van der Waals surface area contributed by atoms with Crippen molar-refractivity contribution in [2.24, 2.45) is 11.1 Å². The molecule has 1 aromatic rings. The van der Waals surface area contributed by atoms with Crippen LogP contribution in [0.2, 0.25) is 0 Å². The van der Waals surface area contributed by atoms with Gasteiger partial charge in [0, 0.05) is 13.6 Å². The first-order valence-electron chi connectivity index (χ1n) is 4.83. The van der Waals surface area contributed by atoms with Crippen molar-refractivity contribution in [3.8, 4) is 0 Å². The fraction of sp³-hybridized carbons (Fsp3) is 0.600. The summed E-state index contributed by atoms with van der Waals surface area (Å²) < 4.78 is 12.6. The maximum absolute atomic E-state index is 12.6. The Kier molecular flexibility index (Phi) is 3.57. The molecule has 0 bridgehead atoms. The van der Waals surface area contributed by atoms with Gasteiger partial charge < -0.3 is 10.6 Å². The van der Waals surface area contributed by atoms with Crippen molar-refractivity contribution in [2.75, 3.05) is 25.0 Å². The highest BCUT2D eigenvalue weighted by Gasteiger charge is 2.19. The summed E-state index contributed by atoms with van der Waals surface area (Å²) in [4.78, 5) is 9.66. The topological polar surface area (TPSA) is 55.0 Å². The molecule has 2 N–H and O–H groups in total. The molecule has 1 heterocycles. The van der Waals surface area contributed by atoms with Gasteiger partial charge in [-0.2, -0.15) is 0 Å². The summed E-state index contributed by atoms with van der Waals surface area (Å²) in [5.74, 6) is 0.0863. The van der Waals surface area contributed by atoms with Crippen LogP contribution in [0.5, 0.6) is 0 Å². The normalized spacial score (nSPS) is 11.5. The van der Waals surface area contributed by atoms with Crippen LogP contribution in [0.3, 0.4) is 0 Å². The third-order valence-electron chi connectivity index (χ3n) is 2.17. The van der Waals surface area contributed by atoms with Crippen LogP contribution in [0, 0.1) is 11.2 Å². The van der Waals surface area contributed by atoms with Crippen LogP contribution in [-0.4, -0.2) is 30.1 Å². The summed E-state index contributed by atoms with van der Waals surface area (Å²) in [5.41, 5.74) is 5.62. The molecule has 0 saturated carbocycles. The molecule has 4 nitrogen and oxygen atoms in total. The monoisotopic (exact) mass is 212 g/mol. The first kappa shape index (κ1) is 11.8. The molecule has 0 aromatic carbocycles. The summed E-state index contributed by atoms with van der Waals surface area (Å²) in [6.07, 6.45) is 2.32. The number of nitrogens with two attached hydrogens (primary N) is 1. The lowest BCUT2D eigenvalue weighted by Crippen LogP contribution is -2.37. The zero-order chi connectivity index (χ0) is 11.5. The van der Waals surface area contributed by atoms with Crippen molar-refractivity contribution in [3.63, 3.8) is 0 Å². The lowest BCUT2D eigenvalue weighted by molar-refractivity contribution is 0.383. The highest BCUT2D eigenvalue weighted by atomic mass is 19.1. The van der Waals surface area contributed by atoms with Crippen LogP contribution in [0.1, 0.15) is 13.8 Å². The van der Waals surface area contributed by atoms with E-state index in [1.807, 2.05) is 11.9 Å². The van der Waals surface area contributed by atoms with Gasteiger partial charge >= 0.3 is 0 Å². The third kappa shape index (κ3) is 3.43. The summed E-state index contributed by atoms with van der Waals surface area (Å²) in [5, 5.41) is 0. The number of anilines is 1. The minimum Gasteiger partial charge on any atom is -0.343 e. The standard InChI is InChI=1S/C10H17FN4/c1-10(2,6-12)7-15(3)9-13-4-8(11)5-14-9/h4-5H,6-7,12H2,1-3H3. The largest absolute Gasteiger partial charge is 0.343 e. The summed E-state index contributed by atoms with van der Waals surface area (Å²) in [6, 6.07) is 0. The molecule has 84 valence electrons. The minimum absolute atomic E-state index is 0.00744. The van der Waals surface area contributed by atoms with Crippen molar-refractivity contribution in [3.05, 3.63) is 18.2 Å². The average molecular weight is 212 g/mol. The second kappa shape index (κ2) is 4.53. The lowest BCUT2D eigenvalue weighted by atomic mass is 9.93. The highest BCUT2D eigenvalue weighted by Crippen LogP contribution is 2.16. The second-order valence-corrected chi connectivity index (χ2v) is 4.43. The van der Waals surface area contributed by atoms with Crippen molar-refractivity contribution in [2.45, 2.75) is 13.8 Å². The van der Waals surface area contributed by atoms with Crippen molar-refractivity contribution >= 4 is 5.95 Å². The van der Waals surface area contributed by atoms with E-state index in [1.165, 1.54) is 0 Å². The number of halogens is 1. The van der Waals surface area contributed by atoms with Crippen molar-refractivity contribution in [1.29, 1.82) is 0 Å². The van der Waals surface area contributed by atoms with Crippen LogP contribution < -0.4 is 10.6 Å². The lowest BCUT2D eigenvalue weighted by Gasteiger charge is -2.28. The van der Waals surface area contributed by atoms with Crippen LogP contribution in [0.4, 0.5) is 10.3 Å². The molecule has 0 fully saturated rings. The van der Waals surface area contributed by atoms with E-state index in [0.717, 1.165) is 18.9 Å². The quantitative estimate of drug-likeness (QED) is 0.810. The molecule has 0 radical (unpaired) electrons. The Hall–Kier alpha value is -1.23. The van der Waals surface area contributed by atoms with E-state index in [9.17, 15) is 4.39 Å². The van der Waals surface area contributed by atoms with Gasteiger partial charge in [-0.25, -0.2) is 14.4 Å². The maximum Gasteiger partial charge on any atom is 0.225 e. The molecule has 5 heteroatoms. The van der Waals surface area contributed by atoms with E-state index in [1.54, 1.807) is 0 Å². The Morgan fingerprint density at radius 1 is 1.40 bits per heavy atom. The van der Waals surface area contributed by atoms with Crippen molar-refractivity contribution in [1.82, 2.24) is 9.97 Å². The predicted molar refractivity (Wildman–Crippen MR) is 58.1 cm³/mol. The molecule has 0 saturated heterocycles. The Labute approximate surface area is 89.3 Å². The third-order valence-corrected chi connectivity index (χ3v) is 2.17.